The van der Waals surface area contributed by atoms with Crippen LogP contribution in [0.15, 0.2) is 72.9 Å². The van der Waals surface area contributed by atoms with E-state index in [0.29, 0.717) is 0 Å². The minimum absolute atomic E-state index is 1.18. The van der Waals surface area contributed by atoms with Gasteiger partial charge in [-0.25, -0.2) is 0 Å². The monoisotopic (exact) mass is 269 g/mol. The average molecular weight is 269 g/mol. The third-order valence-corrected chi connectivity index (χ3v) is 3.86. The fourth-order valence-electron chi connectivity index (χ4n) is 2.81. The molecule has 0 aliphatic carbocycles. The van der Waals surface area contributed by atoms with Crippen LogP contribution in [0.2, 0.25) is 0 Å². The van der Waals surface area contributed by atoms with Crippen LogP contribution >= 0.6 is 0 Å². The first-order valence-corrected chi connectivity index (χ1v) is 7.14. The van der Waals surface area contributed by atoms with Gasteiger partial charge in [0.05, 0.1) is 0 Å². The molecule has 4 rings (SSSR count). The van der Waals surface area contributed by atoms with E-state index in [4.69, 9.17) is 0 Å². The summed E-state index contributed by atoms with van der Waals surface area (Å²) in [6.07, 6.45) is 6.42. The highest BCUT2D eigenvalue weighted by Gasteiger charge is 2.05. The molecule has 0 bridgehead atoms. The van der Waals surface area contributed by atoms with Crippen molar-refractivity contribution >= 4 is 33.8 Å². The van der Waals surface area contributed by atoms with Gasteiger partial charge < -0.3 is 4.98 Å². The van der Waals surface area contributed by atoms with Crippen molar-refractivity contribution in [3.63, 3.8) is 0 Å². The number of benzene rings is 3. The lowest BCUT2D eigenvalue weighted by Gasteiger charge is -2.00. The van der Waals surface area contributed by atoms with E-state index in [0.717, 1.165) is 0 Å². The summed E-state index contributed by atoms with van der Waals surface area (Å²) in [6.45, 7) is 0. The van der Waals surface area contributed by atoms with Gasteiger partial charge >= 0.3 is 0 Å². The van der Waals surface area contributed by atoms with Gasteiger partial charge in [-0.2, -0.15) is 0 Å². The van der Waals surface area contributed by atoms with Crippen molar-refractivity contribution in [2.75, 3.05) is 0 Å². The van der Waals surface area contributed by atoms with E-state index in [9.17, 15) is 0 Å². The van der Waals surface area contributed by atoms with Gasteiger partial charge in [0.15, 0.2) is 0 Å². The number of hydrogen-bond donors (Lipinski definition) is 1. The van der Waals surface area contributed by atoms with Gasteiger partial charge in [-0.1, -0.05) is 72.8 Å². The molecule has 0 atom stereocenters. The summed E-state index contributed by atoms with van der Waals surface area (Å²) < 4.78 is 0. The summed E-state index contributed by atoms with van der Waals surface area (Å²) >= 11 is 0. The number of fused-ring (bicyclic) bond motifs is 3. The summed E-state index contributed by atoms with van der Waals surface area (Å²) in [5.41, 5.74) is 3.62. The predicted molar refractivity (Wildman–Crippen MR) is 91.2 cm³/mol. The summed E-state index contributed by atoms with van der Waals surface area (Å²) in [6, 6.07) is 23.2. The predicted octanol–water partition coefficient (Wildman–Crippen LogP) is 5.49. The smallest absolute Gasteiger partial charge is 0.0466 e. The fraction of sp³-hybridized carbons (Fsp3) is 0. The second-order valence-electron chi connectivity index (χ2n) is 5.20. The first-order valence-electron chi connectivity index (χ1n) is 7.14. The molecule has 0 radical (unpaired) electrons. The van der Waals surface area contributed by atoms with Crippen molar-refractivity contribution in [1.82, 2.24) is 4.98 Å². The van der Waals surface area contributed by atoms with Crippen LogP contribution in [0, 0.1) is 0 Å². The number of H-pyrrole nitrogens is 1. The highest BCUT2D eigenvalue weighted by molar-refractivity contribution is 6.10. The number of aromatic nitrogens is 1. The Morgan fingerprint density at radius 2 is 1.52 bits per heavy atom. The van der Waals surface area contributed by atoms with Crippen molar-refractivity contribution < 1.29 is 0 Å². The Bertz CT molecular complexity index is 930. The molecule has 0 fully saturated rings. The Kier molecular flexibility index (Phi) is 2.82. The molecule has 0 unspecified atom stereocenters. The van der Waals surface area contributed by atoms with Crippen molar-refractivity contribution in [2.45, 2.75) is 0 Å². The molecule has 4 aromatic rings. The minimum Gasteiger partial charge on any atom is -0.361 e. The zero-order chi connectivity index (χ0) is 14.1. The Morgan fingerprint density at radius 1 is 0.714 bits per heavy atom. The molecule has 0 aliphatic rings. The summed E-state index contributed by atoms with van der Waals surface area (Å²) in [5, 5.41) is 3.86. The molecule has 0 amide bonds. The van der Waals surface area contributed by atoms with Gasteiger partial charge in [0.25, 0.3) is 0 Å². The molecule has 0 saturated heterocycles. The second-order valence-corrected chi connectivity index (χ2v) is 5.20. The van der Waals surface area contributed by atoms with Crippen LogP contribution in [0.3, 0.4) is 0 Å². The molecule has 0 aliphatic heterocycles. The van der Waals surface area contributed by atoms with Crippen molar-refractivity contribution in [3.8, 4) is 0 Å². The van der Waals surface area contributed by atoms with Crippen LogP contribution in [-0.4, -0.2) is 4.98 Å². The number of rotatable bonds is 2. The first-order chi connectivity index (χ1) is 10.4. The van der Waals surface area contributed by atoms with Crippen LogP contribution < -0.4 is 0 Å². The summed E-state index contributed by atoms with van der Waals surface area (Å²) in [7, 11) is 0. The number of nitrogens with one attached hydrogen (secondary N) is 1. The molecule has 0 spiro atoms. The van der Waals surface area contributed by atoms with Gasteiger partial charge in [0, 0.05) is 22.7 Å². The fourth-order valence-corrected chi connectivity index (χ4v) is 2.81. The van der Waals surface area contributed by atoms with Crippen LogP contribution in [0.25, 0.3) is 33.8 Å². The van der Waals surface area contributed by atoms with E-state index in [1.165, 1.54) is 32.8 Å². The van der Waals surface area contributed by atoms with Crippen molar-refractivity contribution in [3.05, 3.63) is 84.1 Å². The molecule has 100 valence electrons. The highest BCUT2D eigenvalue weighted by Crippen LogP contribution is 2.29. The molecule has 1 heteroatoms. The third kappa shape index (κ3) is 2.13. The quantitative estimate of drug-likeness (QED) is 0.495. The minimum atomic E-state index is 1.18. The summed E-state index contributed by atoms with van der Waals surface area (Å²) in [4.78, 5) is 3.37. The van der Waals surface area contributed by atoms with Gasteiger partial charge in [-0.05, 0) is 22.4 Å². The lowest BCUT2D eigenvalue weighted by atomic mass is 10.0. The maximum atomic E-state index is 3.37. The SMILES string of the molecule is C(=C\c1c[nH]c2ccc3ccccc3c12)/c1ccccc1. The zero-order valence-corrected chi connectivity index (χ0v) is 11.6. The van der Waals surface area contributed by atoms with E-state index in [2.05, 4.69) is 84.0 Å². The van der Waals surface area contributed by atoms with Crippen LogP contribution in [0.5, 0.6) is 0 Å². The average Bonchev–Trinajstić information content (AvgIpc) is 2.97. The topological polar surface area (TPSA) is 15.8 Å². The first kappa shape index (κ1) is 12.0. The molecule has 21 heavy (non-hydrogen) atoms. The second kappa shape index (κ2) is 4.95. The van der Waals surface area contributed by atoms with E-state index in [-0.39, 0.29) is 0 Å². The number of hydrogen-bond acceptors (Lipinski definition) is 0. The van der Waals surface area contributed by atoms with Gasteiger partial charge in [0.2, 0.25) is 0 Å². The molecule has 3 aromatic carbocycles. The van der Waals surface area contributed by atoms with Gasteiger partial charge in [-0.3, -0.25) is 0 Å². The Balaban J connectivity index is 1.89. The Hall–Kier alpha value is -2.80. The van der Waals surface area contributed by atoms with Crippen molar-refractivity contribution in [2.24, 2.45) is 0 Å². The van der Waals surface area contributed by atoms with Crippen LogP contribution in [0.1, 0.15) is 11.1 Å². The standard InChI is InChI=1S/C20H15N/c1-2-6-15(7-3-1)10-11-17-14-21-19-13-12-16-8-4-5-9-18(16)20(17)19/h1-14,21H/b11-10+. The van der Waals surface area contributed by atoms with Crippen LogP contribution in [-0.2, 0) is 0 Å². The van der Waals surface area contributed by atoms with E-state index in [1.807, 2.05) is 6.07 Å². The molecule has 1 aromatic heterocycles. The summed E-state index contributed by atoms with van der Waals surface area (Å²) in [5.74, 6) is 0. The molecular weight excluding hydrogens is 254 g/mol. The maximum absolute atomic E-state index is 3.37. The normalized spacial score (nSPS) is 11.6. The zero-order valence-electron chi connectivity index (χ0n) is 11.6. The van der Waals surface area contributed by atoms with Crippen molar-refractivity contribution in [1.29, 1.82) is 0 Å². The number of aromatic amines is 1. The highest BCUT2D eigenvalue weighted by atomic mass is 14.7. The molecule has 1 nitrogen and oxygen atoms in total. The Morgan fingerprint density at radius 3 is 2.43 bits per heavy atom. The largest absolute Gasteiger partial charge is 0.361 e. The van der Waals surface area contributed by atoms with Gasteiger partial charge in [-0.15, -0.1) is 0 Å². The molecule has 0 saturated carbocycles. The maximum Gasteiger partial charge on any atom is 0.0466 e. The molecule has 1 N–H and O–H groups in total. The van der Waals surface area contributed by atoms with E-state index >= 15 is 0 Å². The molecular formula is C20H15N. The third-order valence-electron chi connectivity index (χ3n) is 3.86. The van der Waals surface area contributed by atoms with Crippen LogP contribution in [0.4, 0.5) is 0 Å². The lowest BCUT2D eigenvalue weighted by molar-refractivity contribution is 1.47. The van der Waals surface area contributed by atoms with E-state index < -0.39 is 0 Å². The van der Waals surface area contributed by atoms with E-state index in [1.54, 1.807) is 0 Å². The molecule has 1 heterocycles. The Labute approximate surface area is 123 Å². The van der Waals surface area contributed by atoms with Gasteiger partial charge in [0.1, 0.15) is 0 Å². The lowest BCUT2D eigenvalue weighted by Crippen LogP contribution is -1.76.